The first-order chi connectivity index (χ1) is 12.4. The van der Waals surface area contributed by atoms with Gasteiger partial charge in [-0.3, -0.25) is 4.68 Å². The van der Waals surface area contributed by atoms with Gasteiger partial charge in [0.15, 0.2) is 5.82 Å². The summed E-state index contributed by atoms with van der Waals surface area (Å²) in [7, 11) is 1.77. The summed E-state index contributed by atoms with van der Waals surface area (Å²) in [5.41, 5.74) is 0.896. The molecule has 0 fully saturated rings. The van der Waals surface area contributed by atoms with Crippen molar-refractivity contribution in [2.24, 2.45) is 7.05 Å². The molecule has 0 radical (unpaired) electrons. The first-order valence-electron chi connectivity index (χ1n) is 7.56. The Morgan fingerprint density at radius 3 is 2.58 bits per heavy atom. The van der Waals surface area contributed by atoms with E-state index in [0.717, 1.165) is 18.2 Å². The molecule has 0 aliphatic heterocycles. The van der Waals surface area contributed by atoms with E-state index in [4.69, 9.17) is 11.6 Å². The Bertz CT molecular complexity index is 899. The number of aliphatic hydroxyl groups excluding tert-OH is 1. The lowest BCUT2D eigenvalue weighted by atomic mass is 10.1. The van der Waals surface area contributed by atoms with Crippen molar-refractivity contribution in [1.82, 2.24) is 19.7 Å². The summed E-state index contributed by atoms with van der Waals surface area (Å²) in [5, 5.41) is 19.6. The molecule has 0 aliphatic carbocycles. The molecule has 3 N–H and O–H groups in total. The lowest BCUT2D eigenvalue weighted by Crippen LogP contribution is -2.17. The predicted octanol–water partition coefficient (Wildman–Crippen LogP) is 3.03. The number of aromatic nitrogens is 4. The Morgan fingerprint density at radius 1 is 1.23 bits per heavy atom. The predicted molar refractivity (Wildman–Crippen MR) is 93.3 cm³/mol. The Labute approximate surface area is 152 Å². The summed E-state index contributed by atoms with van der Waals surface area (Å²) in [6.45, 7) is -0.422. The van der Waals surface area contributed by atoms with Crippen molar-refractivity contribution in [2.45, 2.75) is 6.04 Å². The number of nitrogens with zero attached hydrogens (tertiary/aromatic N) is 4. The molecule has 7 nitrogen and oxygen atoms in total. The Kier molecular flexibility index (Phi) is 5.29. The van der Waals surface area contributed by atoms with Gasteiger partial charge in [-0.2, -0.15) is 10.1 Å². The molecule has 2 heterocycles. The molecule has 136 valence electrons. The van der Waals surface area contributed by atoms with E-state index < -0.39 is 24.3 Å². The van der Waals surface area contributed by atoms with Crippen LogP contribution in [0.1, 0.15) is 11.6 Å². The molecule has 3 rings (SSSR count). The summed E-state index contributed by atoms with van der Waals surface area (Å²) in [6.07, 6.45) is 4.70. The molecule has 1 atom stereocenters. The number of benzene rings is 1. The third kappa shape index (κ3) is 4.24. The van der Waals surface area contributed by atoms with Crippen LogP contribution in [-0.2, 0) is 7.05 Å². The van der Waals surface area contributed by atoms with Crippen LogP contribution in [0.5, 0.6) is 0 Å². The van der Waals surface area contributed by atoms with Gasteiger partial charge in [0, 0.05) is 19.3 Å². The smallest absolute Gasteiger partial charge is 0.229 e. The highest BCUT2D eigenvalue weighted by molar-refractivity contribution is 6.32. The molecule has 0 spiro atoms. The lowest BCUT2D eigenvalue weighted by Gasteiger charge is -2.18. The van der Waals surface area contributed by atoms with E-state index in [9.17, 15) is 13.9 Å². The first kappa shape index (κ1) is 18.0. The number of hydrogen-bond donors (Lipinski definition) is 3. The second kappa shape index (κ2) is 7.63. The molecule has 1 aromatic carbocycles. The molecule has 0 saturated heterocycles. The fraction of sp³-hybridized carbons (Fsp3) is 0.188. The van der Waals surface area contributed by atoms with Gasteiger partial charge in [-0.1, -0.05) is 11.6 Å². The average Bonchev–Trinajstić information content (AvgIpc) is 2.99. The quantitative estimate of drug-likeness (QED) is 0.609. The molecule has 0 amide bonds. The zero-order valence-electron chi connectivity index (χ0n) is 13.6. The number of nitrogens with one attached hydrogen (secondary N) is 2. The van der Waals surface area contributed by atoms with Gasteiger partial charge in [0.1, 0.15) is 16.7 Å². The van der Waals surface area contributed by atoms with Gasteiger partial charge in [-0.25, -0.2) is 13.8 Å². The van der Waals surface area contributed by atoms with Crippen LogP contribution < -0.4 is 10.6 Å². The van der Waals surface area contributed by atoms with Gasteiger partial charge in [-0.05, 0) is 17.7 Å². The van der Waals surface area contributed by atoms with Crippen LogP contribution in [0.25, 0.3) is 0 Å². The minimum atomic E-state index is -0.807. The second-order valence-corrected chi connectivity index (χ2v) is 5.91. The minimum absolute atomic E-state index is 0.192. The largest absolute Gasteiger partial charge is 0.394 e. The molecule has 0 aliphatic rings. The van der Waals surface area contributed by atoms with Gasteiger partial charge in [0.25, 0.3) is 0 Å². The Balaban J connectivity index is 1.84. The van der Waals surface area contributed by atoms with Gasteiger partial charge in [0.2, 0.25) is 5.95 Å². The lowest BCUT2D eigenvalue weighted by molar-refractivity contribution is 0.275. The molecular weight excluding hydrogens is 366 g/mol. The van der Waals surface area contributed by atoms with Gasteiger partial charge >= 0.3 is 0 Å². The monoisotopic (exact) mass is 380 g/mol. The third-order valence-corrected chi connectivity index (χ3v) is 3.76. The van der Waals surface area contributed by atoms with Crippen LogP contribution in [0.3, 0.4) is 0 Å². The highest BCUT2D eigenvalue weighted by Gasteiger charge is 2.16. The average molecular weight is 381 g/mol. The van der Waals surface area contributed by atoms with Crippen molar-refractivity contribution in [3.63, 3.8) is 0 Å². The number of halogens is 3. The Hall–Kier alpha value is -2.78. The topological polar surface area (TPSA) is 87.9 Å². The number of hydrogen-bond acceptors (Lipinski definition) is 6. The van der Waals surface area contributed by atoms with E-state index in [1.54, 1.807) is 24.1 Å². The van der Waals surface area contributed by atoms with Crippen molar-refractivity contribution in [3.8, 4) is 0 Å². The summed E-state index contributed by atoms with van der Waals surface area (Å²) < 4.78 is 28.5. The molecule has 26 heavy (non-hydrogen) atoms. The van der Waals surface area contributed by atoms with E-state index in [1.807, 2.05) is 0 Å². The fourth-order valence-electron chi connectivity index (χ4n) is 2.32. The second-order valence-electron chi connectivity index (χ2n) is 5.50. The van der Waals surface area contributed by atoms with Crippen molar-refractivity contribution >= 4 is 29.1 Å². The zero-order valence-corrected chi connectivity index (χ0v) is 14.4. The standard InChI is InChI=1S/C16H15ClF2N6O/c1-25-7-12(5-21-25)22-16-20-6-13(17)15(24-16)23-14(8-26)9-2-10(18)4-11(19)3-9/h2-7,14,26H,8H2,1H3,(H2,20,22,23,24). The molecule has 1 unspecified atom stereocenters. The van der Waals surface area contributed by atoms with E-state index in [-0.39, 0.29) is 22.4 Å². The summed E-state index contributed by atoms with van der Waals surface area (Å²) in [4.78, 5) is 8.30. The van der Waals surface area contributed by atoms with Crippen molar-refractivity contribution in [1.29, 1.82) is 0 Å². The number of rotatable bonds is 6. The number of aryl methyl sites for hydroxylation is 1. The molecule has 2 aromatic heterocycles. The van der Waals surface area contributed by atoms with Gasteiger partial charge in [0.05, 0.1) is 30.7 Å². The van der Waals surface area contributed by atoms with Gasteiger partial charge in [-0.15, -0.1) is 0 Å². The van der Waals surface area contributed by atoms with Crippen LogP contribution in [0.2, 0.25) is 5.02 Å². The van der Waals surface area contributed by atoms with Crippen LogP contribution >= 0.6 is 11.6 Å². The highest BCUT2D eigenvalue weighted by atomic mass is 35.5. The van der Waals surface area contributed by atoms with Crippen molar-refractivity contribution < 1.29 is 13.9 Å². The zero-order chi connectivity index (χ0) is 18.7. The van der Waals surface area contributed by atoms with Gasteiger partial charge < -0.3 is 15.7 Å². The van der Waals surface area contributed by atoms with E-state index in [1.165, 1.54) is 6.20 Å². The normalized spacial score (nSPS) is 12.0. The highest BCUT2D eigenvalue weighted by Crippen LogP contribution is 2.26. The maximum absolute atomic E-state index is 13.4. The fourth-order valence-corrected chi connectivity index (χ4v) is 2.46. The van der Waals surface area contributed by atoms with E-state index in [2.05, 4.69) is 25.7 Å². The maximum Gasteiger partial charge on any atom is 0.229 e. The number of aliphatic hydroxyl groups is 1. The molecular formula is C16H15ClF2N6O. The van der Waals surface area contributed by atoms with E-state index >= 15 is 0 Å². The molecule has 0 bridgehead atoms. The maximum atomic E-state index is 13.4. The number of anilines is 3. The van der Waals surface area contributed by atoms with Crippen LogP contribution in [0.4, 0.5) is 26.2 Å². The van der Waals surface area contributed by atoms with Crippen molar-refractivity contribution in [2.75, 3.05) is 17.2 Å². The molecule has 3 aromatic rings. The van der Waals surface area contributed by atoms with E-state index in [0.29, 0.717) is 5.69 Å². The molecule has 0 saturated carbocycles. The summed E-state index contributed by atoms with van der Waals surface area (Å²) >= 11 is 6.09. The van der Waals surface area contributed by atoms with Crippen LogP contribution in [0, 0.1) is 11.6 Å². The Morgan fingerprint density at radius 2 is 1.96 bits per heavy atom. The molecule has 10 heteroatoms. The van der Waals surface area contributed by atoms with Crippen LogP contribution in [0.15, 0.2) is 36.8 Å². The van der Waals surface area contributed by atoms with Crippen molar-refractivity contribution in [3.05, 3.63) is 59.0 Å². The van der Waals surface area contributed by atoms with Crippen LogP contribution in [-0.4, -0.2) is 31.5 Å². The first-order valence-corrected chi connectivity index (χ1v) is 7.94. The summed E-state index contributed by atoms with van der Waals surface area (Å²) in [5.74, 6) is -1.04. The third-order valence-electron chi connectivity index (χ3n) is 3.49. The SMILES string of the molecule is Cn1cc(Nc2ncc(Cl)c(NC(CO)c3cc(F)cc(F)c3)n2)cn1. The minimum Gasteiger partial charge on any atom is -0.394 e. The summed E-state index contributed by atoms with van der Waals surface area (Å²) in [6, 6.07) is 2.20.